The fraction of sp³-hybridized carbons (Fsp3) is 0.143. The van der Waals surface area contributed by atoms with Gasteiger partial charge in [0.1, 0.15) is 5.82 Å². The van der Waals surface area contributed by atoms with E-state index in [2.05, 4.69) is 15.7 Å². The minimum Gasteiger partial charge on any atom is -0.326 e. The minimum atomic E-state index is -4.53. The van der Waals surface area contributed by atoms with E-state index in [0.717, 1.165) is 12.1 Å². The van der Waals surface area contributed by atoms with Crippen LogP contribution in [0.5, 0.6) is 0 Å². The van der Waals surface area contributed by atoms with E-state index in [1.54, 1.807) is 0 Å². The summed E-state index contributed by atoms with van der Waals surface area (Å²) >= 11 is 0. The molecule has 134 valence electrons. The summed E-state index contributed by atoms with van der Waals surface area (Å²) in [6.45, 7) is 1.31. The minimum absolute atomic E-state index is 0.105. The summed E-state index contributed by atoms with van der Waals surface area (Å²) in [5.74, 6) is -0.407. The van der Waals surface area contributed by atoms with Crippen LogP contribution in [-0.2, 0) is 21.0 Å². The molecule has 0 saturated carbocycles. The van der Waals surface area contributed by atoms with Crippen molar-refractivity contribution in [3.63, 3.8) is 0 Å². The number of sulfonamides is 1. The van der Waals surface area contributed by atoms with Crippen LogP contribution in [0.1, 0.15) is 12.5 Å². The van der Waals surface area contributed by atoms with Crippen molar-refractivity contribution in [2.24, 2.45) is 0 Å². The number of halogens is 3. The summed E-state index contributed by atoms with van der Waals surface area (Å²) in [5.41, 5.74) is 1.69. The van der Waals surface area contributed by atoms with Crippen LogP contribution in [0.2, 0.25) is 0 Å². The molecule has 0 radical (unpaired) electrons. The maximum Gasteiger partial charge on any atom is 0.417 e. The van der Waals surface area contributed by atoms with E-state index in [4.69, 9.17) is 0 Å². The first-order chi connectivity index (χ1) is 11.6. The van der Waals surface area contributed by atoms with Gasteiger partial charge in [0.05, 0.1) is 10.5 Å². The number of nitrogens with one attached hydrogen (secondary N) is 3. The molecule has 0 fully saturated rings. The molecule has 0 spiro atoms. The molecule has 1 aromatic heterocycles. The van der Waals surface area contributed by atoms with Crippen LogP contribution in [-0.4, -0.2) is 19.3 Å². The molecule has 0 aliphatic carbocycles. The number of carbonyl (C=O) groups is 1. The molecule has 7 nitrogen and oxygen atoms in total. The molecule has 0 bridgehead atoms. The molecule has 0 atom stereocenters. The number of nitrogens with zero attached hydrogens (tertiary/aromatic N) is 1. The Hall–Kier alpha value is -2.66. The van der Waals surface area contributed by atoms with E-state index in [0.29, 0.717) is 11.9 Å². The Morgan fingerprint density at radius 2 is 1.72 bits per heavy atom. The molecule has 0 aliphatic heterocycles. The molecule has 25 heavy (non-hydrogen) atoms. The zero-order valence-corrected chi connectivity index (χ0v) is 13.6. The number of carbonyl (C=O) groups excluding carboxylic acids is 1. The van der Waals surface area contributed by atoms with Crippen LogP contribution in [0.25, 0.3) is 0 Å². The fourth-order valence-corrected chi connectivity index (χ4v) is 2.59. The molecule has 0 aliphatic rings. The van der Waals surface area contributed by atoms with Gasteiger partial charge in [-0.05, 0) is 36.4 Å². The molecule has 2 rings (SSSR count). The van der Waals surface area contributed by atoms with E-state index in [1.165, 1.54) is 31.2 Å². The van der Waals surface area contributed by atoms with Gasteiger partial charge in [0.15, 0.2) is 0 Å². The lowest BCUT2D eigenvalue weighted by molar-refractivity contribution is -0.137. The van der Waals surface area contributed by atoms with Gasteiger partial charge in [-0.2, -0.15) is 13.2 Å². The molecule has 1 heterocycles. The van der Waals surface area contributed by atoms with Crippen molar-refractivity contribution in [2.45, 2.75) is 18.0 Å². The SMILES string of the molecule is CC(=O)Nc1ccc(S(=O)(=O)NNc2ccc(C(F)(F)F)cn2)cc1. The largest absolute Gasteiger partial charge is 0.417 e. The average Bonchev–Trinajstić information content (AvgIpc) is 2.52. The molecular weight excluding hydrogens is 361 g/mol. The maximum absolute atomic E-state index is 12.4. The summed E-state index contributed by atoms with van der Waals surface area (Å²) < 4.78 is 61.5. The molecule has 1 aromatic carbocycles. The smallest absolute Gasteiger partial charge is 0.326 e. The van der Waals surface area contributed by atoms with Crippen molar-refractivity contribution in [1.82, 2.24) is 9.82 Å². The Labute approximate surface area is 141 Å². The summed E-state index contributed by atoms with van der Waals surface area (Å²) in [5, 5.41) is 2.49. The van der Waals surface area contributed by atoms with Crippen LogP contribution >= 0.6 is 0 Å². The number of alkyl halides is 3. The second-order valence-corrected chi connectivity index (χ2v) is 6.55. The molecular formula is C14H13F3N4O3S. The van der Waals surface area contributed by atoms with Crippen LogP contribution in [0.4, 0.5) is 24.7 Å². The van der Waals surface area contributed by atoms with Crippen LogP contribution in [0.3, 0.4) is 0 Å². The first kappa shape index (κ1) is 18.7. The lowest BCUT2D eigenvalue weighted by atomic mass is 10.3. The average molecular weight is 374 g/mol. The van der Waals surface area contributed by atoms with Gasteiger partial charge in [0.2, 0.25) is 5.91 Å². The topological polar surface area (TPSA) is 100 Å². The van der Waals surface area contributed by atoms with E-state index in [-0.39, 0.29) is 16.6 Å². The summed E-state index contributed by atoms with van der Waals surface area (Å²) in [4.78, 5) is 16.3. The van der Waals surface area contributed by atoms with Gasteiger partial charge in [-0.1, -0.05) is 0 Å². The predicted molar refractivity (Wildman–Crippen MR) is 83.9 cm³/mol. The molecule has 1 amide bonds. The molecule has 11 heteroatoms. The van der Waals surface area contributed by atoms with Crippen molar-refractivity contribution in [2.75, 3.05) is 10.7 Å². The van der Waals surface area contributed by atoms with Gasteiger partial charge in [0.25, 0.3) is 10.0 Å². The van der Waals surface area contributed by atoms with Gasteiger partial charge >= 0.3 is 6.18 Å². The molecule has 0 unspecified atom stereocenters. The van der Waals surface area contributed by atoms with Gasteiger partial charge in [-0.25, -0.2) is 13.4 Å². The van der Waals surface area contributed by atoms with Crippen molar-refractivity contribution in [3.8, 4) is 0 Å². The highest BCUT2D eigenvalue weighted by molar-refractivity contribution is 7.89. The zero-order chi connectivity index (χ0) is 18.7. The lowest BCUT2D eigenvalue weighted by Crippen LogP contribution is -2.30. The lowest BCUT2D eigenvalue weighted by Gasteiger charge is -2.11. The third-order valence-electron chi connectivity index (χ3n) is 2.89. The summed E-state index contributed by atoms with van der Waals surface area (Å²) in [6.07, 6.45) is -3.94. The number of anilines is 2. The summed E-state index contributed by atoms with van der Waals surface area (Å²) in [6, 6.07) is 7.07. The molecule has 2 aromatic rings. The first-order valence-electron chi connectivity index (χ1n) is 6.77. The predicted octanol–water partition coefficient (Wildman–Crippen LogP) is 2.36. The second kappa shape index (κ2) is 7.07. The Kier molecular flexibility index (Phi) is 5.28. The van der Waals surface area contributed by atoms with Crippen LogP contribution < -0.4 is 15.6 Å². The number of rotatable bonds is 5. The summed E-state index contributed by atoms with van der Waals surface area (Å²) in [7, 11) is -3.98. The molecule has 3 N–H and O–H groups in total. The normalized spacial score (nSPS) is 11.8. The van der Waals surface area contributed by atoms with Crippen molar-refractivity contribution >= 4 is 27.4 Å². The van der Waals surface area contributed by atoms with Crippen molar-refractivity contribution < 1.29 is 26.4 Å². The van der Waals surface area contributed by atoms with Crippen molar-refractivity contribution in [1.29, 1.82) is 0 Å². The number of hydrazine groups is 1. The third-order valence-corrected chi connectivity index (χ3v) is 4.15. The first-order valence-corrected chi connectivity index (χ1v) is 8.25. The van der Waals surface area contributed by atoms with Crippen LogP contribution in [0, 0.1) is 0 Å². The number of hydrogen-bond acceptors (Lipinski definition) is 5. The highest BCUT2D eigenvalue weighted by atomic mass is 32.2. The third kappa shape index (κ3) is 5.16. The van der Waals surface area contributed by atoms with Crippen LogP contribution in [0.15, 0.2) is 47.5 Å². The number of benzene rings is 1. The maximum atomic E-state index is 12.4. The quantitative estimate of drug-likeness (QED) is 0.698. The highest BCUT2D eigenvalue weighted by Crippen LogP contribution is 2.28. The zero-order valence-electron chi connectivity index (χ0n) is 12.8. The van der Waals surface area contributed by atoms with E-state index >= 15 is 0 Å². The van der Waals surface area contributed by atoms with Gasteiger partial charge in [-0.15, -0.1) is 4.83 Å². The van der Waals surface area contributed by atoms with Crippen molar-refractivity contribution in [3.05, 3.63) is 48.2 Å². The number of hydrogen-bond donors (Lipinski definition) is 3. The van der Waals surface area contributed by atoms with Gasteiger partial charge in [0, 0.05) is 18.8 Å². The monoisotopic (exact) mass is 374 g/mol. The van der Waals surface area contributed by atoms with E-state index < -0.39 is 21.8 Å². The number of amides is 1. The van der Waals surface area contributed by atoms with E-state index in [9.17, 15) is 26.4 Å². The number of pyridine rings is 1. The Morgan fingerprint density at radius 3 is 2.20 bits per heavy atom. The van der Waals surface area contributed by atoms with E-state index in [1.807, 2.05) is 4.83 Å². The second-order valence-electron chi connectivity index (χ2n) is 4.87. The fourth-order valence-electron chi connectivity index (χ4n) is 1.73. The standard InChI is InChI=1S/C14H13F3N4O3S/c1-9(22)19-11-3-5-12(6-4-11)25(23,24)21-20-13-7-2-10(8-18-13)14(15,16)17/h2-8,21H,1H3,(H,18,20)(H,19,22). The number of aromatic nitrogens is 1. The Morgan fingerprint density at radius 1 is 1.08 bits per heavy atom. The van der Waals surface area contributed by atoms with Gasteiger partial charge in [-0.3, -0.25) is 10.2 Å². The Bertz CT molecular complexity index is 850. The highest BCUT2D eigenvalue weighted by Gasteiger charge is 2.30. The molecule has 0 saturated heterocycles. The van der Waals surface area contributed by atoms with Gasteiger partial charge < -0.3 is 5.32 Å². The Balaban J connectivity index is 2.05.